The summed E-state index contributed by atoms with van der Waals surface area (Å²) in [6.07, 6.45) is 2.11. The Bertz CT molecular complexity index is 430. The standard InChI is InChI=1S/C14H19ClN2O/c1-10-2-3-12(13(15)8-10)9-16-6-7-17-14(18)11-4-5-11/h2-3,8,11,16H,4-7,9H2,1H3,(H,17,18). The molecule has 1 amide bonds. The van der Waals surface area contributed by atoms with Crippen molar-refractivity contribution >= 4 is 17.5 Å². The van der Waals surface area contributed by atoms with E-state index in [-0.39, 0.29) is 11.8 Å². The molecule has 0 unspecified atom stereocenters. The maximum Gasteiger partial charge on any atom is 0.223 e. The largest absolute Gasteiger partial charge is 0.355 e. The summed E-state index contributed by atoms with van der Waals surface area (Å²) >= 11 is 6.13. The molecule has 1 aromatic carbocycles. The Labute approximate surface area is 113 Å². The van der Waals surface area contributed by atoms with E-state index in [2.05, 4.69) is 16.7 Å². The highest BCUT2D eigenvalue weighted by Crippen LogP contribution is 2.28. The fourth-order valence-corrected chi connectivity index (χ4v) is 2.08. The van der Waals surface area contributed by atoms with Gasteiger partial charge in [0.05, 0.1) is 0 Å². The van der Waals surface area contributed by atoms with Gasteiger partial charge in [0.15, 0.2) is 0 Å². The van der Waals surface area contributed by atoms with E-state index in [4.69, 9.17) is 11.6 Å². The van der Waals surface area contributed by atoms with Crippen molar-refractivity contribution in [2.75, 3.05) is 13.1 Å². The van der Waals surface area contributed by atoms with Crippen LogP contribution < -0.4 is 10.6 Å². The van der Waals surface area contributed by atoms with Gasteiger partial charge in [-0.15, -0.1) is 0 Å². The van der Waals surface area contributed by atoms with Crippen molar-refractivity contribution in [2.24, 2.45) is 5.92 Å². The Hall–Kier alpha value is -1.06. The van der Waals surface area contributed by atoms with Gasteiger partial charge in [-0.3, -0.25) is 4.79 Å². The molecule has 2 rings (SSSR count). The molecule has 2 N–H and O–H groups in total. The van der Waals surface area contributed by atoms with Crippen molar-refractivity contribution in [3.63, 3.8) is 0 Å². The van der Waals surface area contributed by atoms with Crippen molar-refractivity contribution in [3.05, 3.63) is 34.3 Å². The van der Waals surface area contributed by atoms with E-state index in [0.717, 1.165) is 36.5 Å². The fourth-order valence-electron chi connectivity index (χ4n) is 1.78. The second-order valence-corrected chi connectivity index (χ2v) is 5.24. The summed E-state index contributed by atoms with van der Waals surface area (Å²) in [6.45, 7) is 4.20. The molecular weight excluding hydrogens is 248 g/mol. The molecule has 0 radical (unpaired) electrons. The molecule has 0 spiro atoms. The smallest absolute Gasteiger partial charge is 0.223 e. The highest BCUT2D eigenvalue weighted by molar-refractivity contribution is 6.31. The summed E-state index contributed by atoms with van der Waals surface area (Å²) in [5.41, 5.74) is 2.26. The molecule has 0 aliphatic heterocycles. The molecule has 0 aromatic heterocycles. The van der Waals surface area contributed by atoms with Crippen LogP contribution in [0.5, 0.6) is 0 Å². The highest BCUT2D eigenvalue weighted by atomic mass is 35.5. The average Bonchev–Trinajstić information content (AvgIpc) is 3.15. The Morgan fingerprint density at radius 2 is 2.17 bits per heavy atom. The lowest BCUT2D eigenvalue weighted by atomic mass is 10.1. The second-order valence-electron chi connectivity index (χ2n) is 4.84. The van der Waals surface area contributed by atoms with Gasteiger partial charge in [-0.2, -0.15) is 0 Å². The van der Waals surface area contributed by atoms with Crippen molar-refractivity contribution in [1.82, 2.24) is 10.6 Å². The van der Waals surface area contributed by atoms with E-state index in [1.54, 1.807) is 0 Å². The van der Waals surface area contributed by atoms with Crippen LogP contribution in [0.1, 0.15) is 24.0 Å². The minimum atomic E-state index is 0.199. The maximum absolute atomic E-state index is 11.4. The SMILES string of the molecule is Cc1ccc(CNCCNC(=O)C2CC2)c(Cl)c1. The van der Waals surface area contributed by atoms with Crippen molar-refractivity contribution in [2.45, 2.75) is 26.3 Å². The minimum Gasteiger partial charge on any atom is -0.355 e. The third kappa shape index (κ3) is 4.00. The molecule has 1 fully saturated rings. The van der Waals surface area contributed by atoms with Crippen LogP contribution in [0.2, 0.25) is 5.02 Å². The van der Waals surface area contributed by atoms with Gasteiger partial charge in [0.1, 0.15) is 0 Å². The highest BCUT2D eigenvalue weighted by Gasteiger charge is 2.28. The summed E-state index contributed by atoms with van der Waals surface area (Å²) in [4.78, 5) is 11.4. The lowest BCUT2D eigenvalue weighted by Crippen LogP contribution is -2.32. The maximum atomic E-state index is 11.4. The van der Waals surface area contributed by atoms with Crippen LogP contribution >= 0.6 is 11.6 Å². The fraction of sp³-hybridized carbons (Fsp3) is 0.500. The predicted octanol–water partition coefficient (Wildman–Crippen LogP) is 2.26. The van der Waals surface area contributed by atoms with Gasteiger partial charge in [-0.1, -0.05) is 23.7 Å². The Kier molecular flexibility index (Phi) is 4.61. The summed E-state index contributed by atoms with van der Waals surface area (Å²) in [6, 6.07) is 6.05. The Morgan fingerprint density at radius 3 is 2.83 bits per heavy atom. The van der Waals surface area contributed by atoms with Gasteiger partial charge in [0.25, 0.3) is 0 Å². The van der Waals surface area contributed by atoms with E-state index in [9.17, 15) is 4.79 Å². The number of carbonyl (C=O) groups excluding carboxylic acids is 1. The summed E-state index contributed by atoms with van der Waals surface area (Å²) < 4.78 is 0. The predicted molar refractivity (Wildman–Crippen MR) is 73.6 cm³/mol. The summed E-state index contributed by atoms with van der Waals surface area (Å²) in [5.74, 6) is 0.488. The molecule has 0 atom stereocenters. The second kappa shape index (κ2) is 6.21. The molecule has 0 saturated heterocycles. The van der Waals surface area contributed by atoms with E-state index < -0.39 is 0 Å². The quantitative estimate of drug-likeness (QED) is 0.776. The molecule has 3 nitrogen and oxygen atoms in total. The first kappa shape index (κ1) is 13.4. The molecule has 1 aromatic rings. The molecule has 1 saturated carbocycles. The lowest BCUT2D eigenvalue weighted by molar-refractivity contribution is -0.122. The van der Waals surface area contributed by atoms with Crippen LogP contribution in [0.25, 0.3) is 0 Å². The lowest BCUT2D eigenvalue weighted by Gasteiger charge is -2.08. The average molecular weight is 267 g/mol. The topological polar surface area (TPSA) is 41.1 Å². The number of hydrogen-bond donors (Lipinski definition) is 2. The number of halogens is 1. The van der Waals surface area contributed by atoms with Crippen LogP contribution in [0.3, 0.4) is 0 Å². The zero-order chi connectivity index (χ0) is 13.0. The summed E-state index contributed by atoms with van der Waals surface area (Å²) in [7, 11) is 0. The third-order valence-electron chi connectivity index (χ3n) is 3.07. The van der Waals surface area contributed by atoms with Crippen molar-refractivity contribution in [3.8, 4) is 0 Å². The van der Waals surface area contributed by atoms with Crippen LogP contribution in [-0.2, 0) is 11.3 Å². The zero-order valence-corrected chi connectivity index (χ0v) is 11.4. The van der Waals surface area contributed by atoms with Crippen LogP contribution in [0.15, 0.2) is 18.2 Å². The molecule has 1 aliphatic rings. The molecule has 98 valence electrons. The third-order valence-corrected chi connectivity index (χ3v) is 3.43. The van der Waals surface area contributed by atoms with Crippen LogP contribution in [0.4, 0.5) is 0 Å². The van der Waals surface area contributed by atoms with E-state index in [0.29, 0.717) is 6.54 Å². The monoisotopic (exact) mass is 266 g/mol. The number of hydrogen-bond acceptors (Lipinski definition) is 2. The number of nitrogens with one attached hydrogen (secondary N) is 2. The number of carbonyl (C=O) groups is 1. The van der Waals surface area contributed by atoms with Gasteiger partial charge >= 0.3 is 0 Å². The number of rotatable bonds is 6. The molecule has 0 bridgehead atoms. The van der Waals surface area contributed by atoms with Crippen molar-refractivity contribution in [1.29, 1.82) is 0 Å². The van der Waals surface area contributed by atoms with Gasteiger partial charge in [-0.05, 0) is 37.0 Å². The minimum absolute atomic E-state index is 0.199. The van der Waals surface area contributed by atoms with Crippen LogP contribution in [-0.4, -0.2) is 19.0 Å². The van der Waals surface area contributed by atoms with E-state index in [1.807, 2.05) is 19.1 Å². The van der Waals surface area contributed by atoms with E-state index >= 15 is 0 Å². The Morgan fingerprint density at radius 1 is 1.39 bits per heavy atom. The van der Waals surface area contributed by atoms with Gasteiger partial charge in [0.2, 0.25) is 5.91 Å². The first-order valence-corrected chi connectivity index (χ1v) is 6.78. The van der Waals surface area contributed by atoms with E-state index in [1.165, 1.54) is 5.56 Å². The molecule has 1 aliphatic carbocycles. The molecule has 18 heavy (non-hydrogen) atoms. The molecule has 0 heterocycles. The Balaban J connectivity index is 1.63. The number of benzene rings is 1. The van der Waals surface area contributed by atoms with Gasteiger partial charge in [-0.25, -0.2) is 0 Å². The number of amides is 1. The van der Waals surface area contributed by atoms with Gasteiger partial charge in [0, 0.05) is 30.6 Å². The van der Waals surface area contributed by atoms with Crippen molar-refractivity contribution < 1.29 is 4.79 Å². The molecule has 4 heteroatoms. The normalized spacial score (nSPS) is 14.6. The summed E-state index contributed by atoms with van der Waals surface area (Å²) in [5, 5.41) is 6.99. The zero-order valence-electron chi connectivity index (χ0n) is 10.6. The van der Waals surface area contributed by atoms with Crippen LogP contribution in [0, 0.1) is 12.8 Å². The first-order valence-electron chi connectivity index (χ1n) is 6.40. The first-order chi connectivity index (χ1) is 8.66. The molecular formula is C14H19ClN2O. The number of aryl methyl sites for hydroxylation is 1. The van der Waals surface area contributed by atoms with Gasteiger partial charge < -0.3 is 10.6 Å².